The predicted octanol–water partition coefficient (Wildman–Crippen LogP) is 4.71. The second-order valence-corrected chi connectivity index (χ2v) is 6.57. The van der Waals surface area contributed by atoms with Crippen molar-refractivity contribution in [1.82, 2.24) is 20.2 Å². The van der Waals surface area contributed by atoms with Crippen molar-refractivity contribution >= 4 is 26.8 Å². The Balaban J connectivity index is 1.76. The van der Waals surface area contributed by atoms with Gasteiger partial charge >= 0.3 is 0 Å². The fourth-order valence-corrected chi connectivity index (χ4v) is 3.48. The summed E-state index contributed by atoms with van der Waals surface area (Å²) >= 11 is 1.52. The molecule has 1 aromatic carbocycles. The van der Waals surface area contributed by atoms with Crippen LogP contribution in [0.3, 0.4) is 0 Å². The predicted molar refractivity (Wildman–Crippen MR) is 99.2 cm³/mol. The van der Waals surface area contributed by atoms with E-state index in [0.29, 0.717) is 11.3 Å². The van der Waals surface area contributed by atoms with Gasteiger partial charge in [0.15, 0.2) is 5.13 Å². The van der Waals surface area contributed by atoms with Crippen molar-refractivity contribution in [3.8, 4) is 22.5 Å². The fraction of sp³-hybridized carbons (Fsp3) is 0.167. The summed E-state index contributed by atoms with van der Waals surface area (Å²) in [6.07, 6.45) is 2.78. The molecule has 0 saturated heterocycles. The highest BCUT2D eigenvalue weighted by molar-refractivity contribution is 7.21. The van der Waals surface area contributed by atoms with Crippen LogP contribution in [0.25, 0.3) is 32.9 Å². The molecule has 0 unspecified atom stereocenters. The van der Waals surface area contributed by atoms with Crippen LogP contribution in [-0.2, 0) is 0 Å². The number of hydrogen-bond donors (Lipinski definition) is 2. The summed E-state index contributed by atoms with van der Waals surface area (Å²) in [5.41, 5.74) is 3.37. The molecule has 0 radical (unpaired) electrons. The third kappa shape index (κ3) is 2.98. The van der Waals surface area contributed by atoms with E-state index in [2.05, 4.69) is 27.4 Å². The van der Waals surface area contributed by atoms with Crippen LogP contribution in [0.5, 0.6) is 0 Å². The SMILES string of the molecule is CCCNc1nc2ccc(-c3c[nH]nc3-c3ccccc3F)nc2s1. The zero-order valence-electron chi connectivity index (χ0n) is 13.6. The van der Waals surface area contributed by atoms with Gasteiger partial charge in [0.1, 0.15) is 21.9 Å². The number of aromatic amines is 1. The topological polar surface area (TPSA) is 66.5 Å². The molecule has 4 rings (SSSR count). The summed E-state index contributed by atoms with van der Waals surface area (Å²) < 4.78 is 14.1. The zero-order chi connectivity index (χ0) is 17.2. The first-order chi connectivity index (χ1) is 12.3. The van der Waals surface area contributed by atoms with Crippen molar-refractivity contribution in [2.75, 3.05) is 11.9 Å². The number of fused-ring (bicyclic) bond motifs is 1. The van der Waals surface area contributed by atoms with E-state index in [1.54, 1.807) is 24.4 Å². The lowest BCUT2D eigenvalue weighted by Crippen LogP contribution is -1.98. The summed E-state index contributed by atoms with van der Waals surface area (Å²) in [4.78, 5) is 10.1. The molecule has 4 aromatic rings. The number of anilines is 1. The fourth-order valence-electron chi connectivity index (χ4n) is 2.62. The van der Waals surface area contributed by atoms with Gasteiger partial charge < -0.3 is 5.32 Å². The number of nitrogens with zero attached hydrogens (tertiary/aromatic N) is 3. The Labute approximate surface area is 148 Å². The molecule has 25 heavy (non-hydrogen) atoms. The normalized spacial score (nSPS) is 11.1. The molecule has 0 amide bonds. The van der Waals surface area contributed by atoms with E-state index in [1.807, 2.05) is 12.1 Å². The summed E-state index contributed by atoms with van der Waals surface area (Å²) in [6.45, 7) is 2.99. The van der Waals surface area contributed by atoms with Gasteiger partial charge in [-0.05, 0) is 30.7 Å². The standard InChI is InChI=1S/C18H16FN5S/c1-2-9-20-18-23-15-8-7-14(22-17(15)25-18)12-10-21-24-16(12)11-5-3-4-6-13(11)19/h3-8,10H,2,9H2,1H3,(H,20,23)(H,21,24). The number of nitrogens with one attached hydrogen (secondary N) is 2. The Morgan fingerprint density at radius 1 is 1.12 bits per heavy atom. The molecule has 0 bridgehead atoms. The lowest BCUT2D eigenvalue weighted by atomic mass is 10.1. The maximum absolute atomic E-state index is 14.1. The molecule has 3 aromatic heterocycles. The molecule has 7 heteroatoms. The van der Waals surface area contributed by atoms with Crippen molar-refractivity contribution in [3.05, 3.63) is 48.4 Å². The van der Waals surface area contributed by atoms with Gasteiger partial charge in [-0.25, -0.2) is 14.4 Å². The minimum absolute atomic E-state index is 0.305. The number of benzene rings is 1. The number of H-pyrrole nitrogens is 1. The van der Waals surface area contributed by atoms with E-state index >= 15 is 0 Å². The third-order valence-corrected chi connectivity index (χ3v) is 4.75. The molecule has 126 valence electrons. The highest BCUT2D eigenvalue weighted by Crippen LogP contribution is 2.33. The smallest absolute Gasteiger partial charge is 0.185 e. The summed E-state index contributed by atoms with van der Waals surface area (Å²) in [7, 11) is 0. The first kappa shape index (κ1) is 15.7. The van der Waals surface area contributed by atoms with Gasteiger partial charge in [0.25, 0.3) is 0 Å². The Morgan fingerprint density at radius 3 is 2.84 bits per heavy atom. The Kier molecular flexibility index (Phi) is 4.15. The summed E-state index contributed by atoms with van der Waals surface area (Å²) in [5, 5.41) is 11.2. The Morgan fingerprint density at radius 2 is 2.00 bits per heavy atom. The quantitative estimate of drug-likeness (QED) is 0.545. The van der Waals surface area contributed by atoms with Crippen LogP contribution in [0.4, 0.5) is 9.52 Å². The van der Waals surface area contributed by atoms with Crippen molar-refractivity contribution in [2.45, 2.75) is 13.3 Å². The lowest BCUT2D eigenvalue weighted by Gasteiger charge is -2.03. The van der Waals surface area contributed by atoms with Crippen LogP contribution in [0.1, 0.15) is 13.3 Å². The summed E-state index contributed by atoms with van der Waals surface area (Å²) in [6, 6.07) is 10.4. The number of thiazole rings is 1. The van der Waals surface area contributed by atoms with Gasteiger partial charge in [-0.15, -0.1) is 0 Å². The molecule has 2 N–H and O–H groups in total. The maximum Gasteiger partial charge on any atom is 0.185 e. The molecule has 3 heterocycles. The van der Waals surface area contributed by atoms with Crippen LogP contribution >= 0.6 is 11.3 Å². The molecule has 0 aliphatic carbocycles. The van der Waals surface area contributed by atoms with E-state index in [4.69, 9.17) is 4.98 Å². The molecular weight excluding hydrogens is 337 g/mol. The molecule has 0 aliphatic rings. The van der Waals surface area contributed by atoms with Gasteiger partial charge in [0.05, 0.1) is 5.69 Å². The van der Waals surface area contributed by atoms with E-state index in [9.17, 15) is 4.39 Å². The largest absolute Gasteiger partial charge is 0.361 e. The highest BCUT2D eigenvalue weighted by Gasteiger charge is 2.16. The first-order valence-electron chi connectivity index (χ1n) is 8.06. The number of pyridine rings is 1. The number of rotatable bonds is 5. The van der Waals surface area contributed by atoms with Crippen molar-refractivity contribution in [1.29, 1.82) is 0 Å². The Bertz CT molecular complexity index is 1020. The highest BCUT2D eigenvalue weighted by atomic mass is 32.1. The van der Waals surface area contributed by atoms with Crippen LogP contribution in [0.15, 0.2) is 42.6 Å². The van der Waals surface area contributed by atoms with Gasteiger partial charge in [0.2, 0.25) is 0 Å². The van der Waals surface area contributed by atoms with Crippen LogP contribution in [0, 0.1) is 5.82 Å². The molecule has 0 fully saturated rings. The maximum atomic E-state index is 14.1. The van der Waals surface area contributed by atoms with Gasteiger partial charge in [-0.1, -0.05) is 30.4 Å². The van der Waals surface area contributed by atoms with E-state index in [-0.39, 0.29) is 5.82 Å². The van der Waals surface area contributed by atoms with Crippen molar-refractivity contribution < 1.29 is 4.39 Å². The van der Waals surface area contributed by atoms with Gasteiger partial charge in [0, 0.05) is 23.9 Å². The van der Waals surface area contributed by atoms with Crippen LogP contribution < -0.4 is 5.32 Å². The lowest BCUT2D eigenvalue weighted by molar-refractivity contribution is 0.630. The van der Waals surface area contributed by atoms with Crippen molar-refractivity contribution in [3.63, 3.8) is 0 Å². The molecular formula is C18H16FN5S. The minimum atomic E-state index is -0.305. The molecule has 0 atom stereocenters. The molecule has 0 spiro atoms. The molecule has 5 nitrogen and oxygen atoms in total. The number of hydrogen-bond acceptors (Lipinski definition) is 5. The number of aromatic nitrogens is 4. The minimum Gasteiger partial charge on any atom is -0.361 e. The van der Waals surface area contributed by atoms with Crippen LogP contribution in [0.2, 0.25) is 0 Å². The molecule has 0 aliphatic heterocycles. The monoisotopic (exact) mass is 353 g/mol. The summed E-state index contributed by atoms with van der Waals surface area (Å²) in [5.74, 6) is -0.305. The van der Waals surface area contributed by atoms with E-state index in [0.717, 1.165) is 39.7 Å². The van der Waals surface area contributed by atoms with Gasteiger partial charge in [-0.3, -0.25) is 5.10 Å². The second-order valence-electron chi connectivity index (χ2n) is 5.59. The molecule has 0 saturated carbocycles. The van der Waals surface area contributed by atoms with Crippen LogP contribution in [-0.4, -0.2) is 26.7 Å². The van der Waals surface area contributed by atoms with Crippen molar-refractivity contribution in [2.24, 2.45) is 0 Å². The Hall–Kier alpha value is -2.80. The van der Waals surface area contributed by atoms with Gasteiger partial charge in [-0.2, -0.15) is 5.10 Å². The third-order valence-electron chi connectivity index (χ3n) is 3.83. The second kappa shape index (κ2) is 6.60. The zero-order valence-corrected chi connectivity index (χ0v) is 14.4. The average Bonchev–Trinajstić information content (AvgIpc) is 3.26. The van der Waals surface area contributed by atoms with E-state index in [1.165, 1.54) is 17.4 Å². The average molecular weight is 353 g/mol. The van der Waals surface area contributed by atoms with E-state index < -0.39 is 0 Å². The first-order valence-corrected chi connectivity index (χ1v) is 8.88. The number of halogens is 1.